The van der Waals surface area contributed by atoms with Gasteiger partial charge in [-0.2, -0.15) is 0 Å². The Morgan fingerprint density at radius 1 is 0.574 bits per heavy atom. The van der Waals surface area contributed by atoms with E-state index in [2.05, 4.69) is 72.4 Å². The number of rotatable bonds is 14. The first-order valence-corrected chi connectivity index (χ1v) is 20.6. The summed E-state index contributed by atoms with van der Waals surface area (Å²) in [6.45, 7) is 9.81. The maximum Gasteiger partial charge on any atom is 0.119 e. The average molecular weight is 733 g/mol. The van der Waals surface area contributed by atoms with Gasteiger partial charge in [-0.1, -0.05) is 76.6 Å². The van der Waals surface area contributed by atoms with E-state index < -0.39 is 0 Å². The normalized spacial score (nSPS) is 14.2. The molecule has 0 amide bonds. The smallest absolute Gasteiger partial charge is 0.119 e. The number of unbranched alkanes of at least 4 members (excludes halogenated alkanes) is 2. The maximum atomic E-state index is 5.56. The minimum absolute atomic E-state index is 0.546. The fourth-order valence-electron chi connectivity index (χ4n) is 6.18. The van der Waals surface area contributed by atoms with Crippen LogP contribution in [0.4, 0.5) is 11.4 Å². The van der Waals surface area contributed by atoms with Gasteiger partial charge in [0.05, 0.1) is 18.9 Å². The van der Waals surface area contributed by atoms with Crippen molar-refractivity contribution in [3.05, 3.63) is 119 Å². The Labute approximate surface area is 327 Å². The van der Waals surface area contributed by atoms with Crippen molar-refractivity contribution in [3.63, 3.8) is 0 Å². The number of ether oxygens (including phenoxy) is 2. The monoisotopic (exact) mass is 733 g/mol. The summed E-state index contributed by atoms with van der Waals surface area (Å²) in [4.78, 5) is 9.11. The molecule has 4 N–H and O–H groups in total. The van der Waals surface area contributed by atoms with E-state index in [0.29, 0.717) is 18.7 Å². The third-order valence-electron chi connectivity index (χ3n) is 9.46. The van der Waals surface area contributed by atoms with Gasteiger partial charge in [0.2, 0.25) is 0 Å². The lowest BCUT2D eigenvalue weighted by molar-refractivity contribution is 0.340. The Morgan fingerprint density at radius 2 is 1.02 bits per heavy atom. The van der Waals surface area contributed by atoms with E-state index >= 15 is 0 Å². The molecule has 0 bridgehead atoms. The summed E-state index contributed by atoms with van der Waals surface area (Å²) in [6.07, 6.45) is 21.7. The summed E-state index contributed by atoms with van der Waals surface area (Å²) >= 11 is 0. The number of aryl methyl sites for hydroxylation is 2. The van der Waals surface area contributed by atoms with Crippen LogP contribution in [0.2, 0.25) is 0 Å². The molecule has 292 valence electrons. The van der Waals surface area contributed by atoms with Crippen LogP contribution >= 0.6 is 0 Å². The summed E-state index contributed by atoms with van der Waals surface area (Å²) in [5.74, 6) is 1.83. The Hall–Kier alpha value is -4.42. The second kappa shape index (κ2) is 27.2. The van der Waals surface area contributed by atoms with Gasteiger partial charge in [-0.05, 0) is 160 Å². The highest BCUT2D eigenvalue weighted by molar-refractivity contribution is 5.82. The molecular weight excluding hydrogens is 665 g/mol. The van der Waals surface area contributed by atoms with Crippen molar-refractivity contribution in [2.75, 3.05) is 18.9 Å². The topological polar surface area (TPSA) is 95.2 Å². The average Bonchev–Trinajstić information content (AvgIpc) is 3.92. The molecule has 0 saturated heterocycles. The van der Waals surface area contributed by atoms with Crippen LogP contribution in [-0.4, -0.2) is 37.7 Å². The molecule has 0 radical (unpaired) electrons. The highest BCUT2D eigenvalue weighted by Gasteiger charge is 2.12. The quantitative estimate of drug-likeness (QED) is 0.0996. The van der Waals surface area contributed by atoms with Crippen molar-refractivity contribution in [1.82, 2.24) is 0 Å². The molecule has 4 aromatic carbocycles. The number of hydrogen-bond donors (Lipinski definition) is 2. The maximum absolute atomic E-state index is 5.56. The molecule has 0 aromatic heterocycles. The molecule has 0 atom stereocenters. The molecule has 2 aliphatic rings. The minimum atomic E-state index is 0.546. The first kappa shape index (κ1) is 44.0. The Balaban J connectivity index is 0.000000209. The van der Waals surface area contributed by atoms with E-state index in [9.17, 15) is 0 Å². The van der Waals surface area contributed by atoms with Crippen molar-refractivity contribution in [1.29, 1.82) is 0 Å². The Kier molecular flexibility index (Phi) is 22.2. The molecule has 4 aromatic rings. The van der Waals surface area contributed by atoms with Gasteiger partial charge < -0.3 is 20.9 Å². The van der Waals surface area contributed by atoms with Crippen molar-refractivity contribution >= 4 is 23.8 Å². The number of benzene rings is 4. The van der Waals surface area contributed by atoms with Crippen molar-refractivity contribution in [2.24, 2.45) is 15.7 Å². The van der Waals surface area contributed by atoms with E-state index in [0.717, 1.165) is 47.0 Å². The van der Waals surface area contributed by atoms with Gasteiger partial charge in [-0.25, -0.2) is 0 Å². The lowest BCUT2D eigenvalue weighted by Crippen LogP contribution is -2.13. The largest absolute Gasteiger partial charge is 0.494 e. The van der Waals surface area contributed by atoms with Gasteiger partial charge in [0.15, 0.2) is 0 Å². The fraction of sp³-hybridized carbons (Fsp3) is 0.458. The number of aliphatic imine (C=N–C) groups is 2. The molecule has 2 aliphatic carbocycles. The predicted molar refractivity (Wildman–Crippen MR) is 233 cm³/mol. The van der Waals surface area contributed by atoms with Crippen LogP contribution in [0.5, 0.6) is 11.5 Å². The molecule has 6 heteroatoms. The number of hydrogen-bond acceptors (Lipinski definition) is 6. The first-order chi connectivity index (χ1) is 26.4. The zero-order valence-corrected chi connectivity index (χ0v) is 33.7. The summed E-state index contributed by atoms with van der Waals surface area (Å²) in [5.41, 5.74) is 17.9. The van der Waals surface area contributed by atoms with Crippen LogP contribution in [0.15, 0.2) is 107 Å². The van der Waals surface area contributed by atoms with E-state index in [1.165, 1.54) is 94.6 Å². The van der Waals surface area contributed by atoms with Crippen molar-refractivity contribution in [3.8, 4) is 11.5 Å². The molecule has 2 saturated carbocycles. The van der Waals surface area contributed by atoms with Crippen LogP contribution in [-0.2, 0) is 12.8 Å². The van der Waals surface area contributed by atoms with Crippen LogP contribution in [0.1, 0.15) is 127 Å². The summed E-state index contributed by atoms with van der Waals surface area (Å²) in [7, 11) is 0. The summed E-state index contributed by atoms with van der Waals surface area (Å²) in [5, 5.41) is 0. The van der Waals surface area contributed by atoms with Crippen LogP contribution in [0.3, 0.4) is 0 Å². The number of nitrogens with two attached hydrogens (primary N) is 2. The molecule has 2 fully saturated rings. The number of nitrogen functional groups attached to an aromatic ring is 1. The molecule has 0 unspecified atom stereocenters. The highest BCUT2D eigenvalue weighted by atomic mass is 16.5. The molecule has 6 rings (SSSR count). The molecule has 6 nitrogen and oxygen atoms in total. The molecule has 0 spiro atoms. The van der Waals surface area contributed by atoms with E-state index in [4.69, 9.17) is 20.9 Å². The molecular formula is C48H68N4O2. The molecule has 0 aliphatic heterocycles. The van der Waals surface area contributed by atoms with Crippen LogP contribution < -0.4 is 20.9 Å². The van der Waals surface area contributed by atoms with Crippen molar-refractivity contribution in [2.45, 2.75) is 130 Å². The fourth-order valence-corrected chi connectivity index (χ4v) is 6.18. The Morgan fingerprint density at radius 3 is 1.44 bits per heavy atom. The van der Waals surface area contributed by atoms with Crippen LogP contribution in [0.25, 0.3) is 0 Å². The molecule has 0 heterocycles. The van der Waals surface area contributed by atoms with Crippen LogP contribution in [0, 0.1) is 0 Å². The lowest BCUT2D eigenvalue weighted by atomic mass is 10.1. The first-order valence-electron chi connectivity index (χ1n) is 20.6. The number of nitrogens with zero attached hydrogens (tertiary/aromatic N) is 2. The van der Waals surface area contributed by atoms with Gasteiger partial charge in [-0.15, -0.1) is 0 Å². The predicted octanol–water partition coefficient (Wildman–Crippen LogP) is 12.1. The third-order valence-corrected chi connectivity index (χ3v) is 9.46. The van der Waals surface area contributed by atoms with Crippen molar-refractivity contribution < 1.29 is 9.47 Å². The minimum Gasteiger partial charge on any atom is -0.494 e. The standard InChI is InChI=1S/C19H23NO.C14H19NO.C10H15N.C5H11N/c1-3-5-6-16-7-11-18(12-8-16)20-15-17-9-13-19(14-10-17)21-4-2;1-2-16-14-9-7-12(8-10-14)11-15-13-5-3-4-6-13;1-2-3-4-9-5-7-10(11)8-6-9;6-5-3-1-2-4-5/h7-15H,3-6H2,1-2H3;7-11,13H,2-6H2,1H3;5-8H,2-4,11H2,1H3;5H,1-4,6H2. The van der Waals surface area contributed by atoms with Gasteiger partial charge in [0, 0.05) is 30.2 Å². The molecule has 54 heavy (non-hydrogen) atoms. The van der Waals surface area contributed by atoms with E-state index in [1.54, 1.807) is 0 Å². The number of anilines is 1. The second-order valence-electron chi connectivity index (χ2n) is 14.1. The Bertz CT molecular complexity index is 1550. The van der Waals surface area contributed by atoms with Gasteiger partial charge in [-0.3, -0.25) is 9.98 Å². The van der Waals surface area contributed by atoms with Gasteiger partial charge in [0.25, 0.3) is 0 Å². The zero-order chi connectivity index (χ0) is 38.6. The highest BCUT2D eigenvalue weighted by Crippen LogP contribution is 2.21. The third kappa shape index (κ3) is 19.1. The van der Waals surface area contributed by atoms with E-state index in [1.807, 2.05) is 74.8 Å². The summed E-state index contributed by atoms with van der Waals surface area (Å²) in [6, 6.07) is 33.8. The van der Waals surface area contributed by atoms with E-state index in [-0.39, 0.29) is 0 Å². The summed E-state index contributed by atoms with van der Waals surface area (Å²) < 4.78 is 10.8. The van der Waals surface area contributed by atoms with Gasteiger partial charge >= 0.3 is 0 Å². The lowest BCUT2D eigenvalue weighted by Gasteiger charge is -2.03. The van der Waals surface area contributed by atoms with Gasteiger partial charge in [0.1, 0.15) is 11.5 Å². The zero-order valence-electron chi connectivity index (χ0n) is 33.7. The second-order valence-corrected chi connectivity index (χ2v) is 14.1. The SMILES string of the molecule is CCCCc1ccc(N)cc1.CCCCc1ccc(N=Cc2ccc(OCC)cc2)cc1.CCOc1ccc(C=NC2CCCC2)cc1.NC1CCCC1.